The summed E-state index contributed by atoms with van der Waals surface area (Å²) in [6.07, 6.45) is 3.68. The van der Waals surface area contributed by atoms with Gasteiger partial charge in [0.05, 0.1) is 11.4 Å². The van der Waals surface area contributed by atoms with Crippen molar-refractivity contribution in [1.82, 2.24) is 9.97 Å². The maximum atomic E-state index is 4.81. The van der Waals surface area contributed by atoms with Gasteiger partial charge < -0.3 is 9.80 Å². The molecule has 0 saturated heterocycles. The largest absolute Gasteiger partial charge is 0.377 e. The molecular weight excluding hydrogens is 719 g/mol. The van der Waals surface area contributed by atoms with Crippen LogP contribution in [0, 0.1) is 0 Å². The molecule has 0 amide bonds. The first-order chi connectivity index (χ1) is 29.0. The van der Waals surface area contributed by atoms with Crippen LogP contribution in [0.25, 0.3) is 32.3 Å². The number of rotatable bonds is 10. The number of hydrogen-bond acceptors (Lipinski definition) is 5. The van der Waals surface area contributed by atoms with Crippen LogP contribution in [-0.2, 0) is 5.41 Å². The van der Waals surface area contributed by atoms with Gasteiger partial charge in [-0.1, -0.05) is 133 Å². The summed E-state index contributed by atoms with van der Waals surface area (Å²) in [4.78, 5) is 16.4. The Morgan fingerprint density at radius 1 is 0.390 bits per heavy atom. The third-order valence-electron chi connectivity index (χ3n) is 11.9. The predicted molar refractivity (Wildman–Crippen MR) is 248 cm³/mol. The Morgan fingerprint density at radius 3 is 1.42 bits per heavy atom. The molecule has 0 atom stereocenters. The van der Waals surface area contributed by atoms with Crippen LogP contribution in [0.15, 0.2) is 207 Å². The van der Waals surface area contributed by atoms with Crippen LogP contribution in [0.5, 0.6) is 0 Å². The van der Waals surface area contributed by atoms with Crippen LogP contribution < -0.4 is 14.7 Å². The van der Waals surface area contributed by atoms with Gasteiger partial charge in [-0.25, -0.2) is 9.97 Å². The number of pyridine rings is 2. The van der Waals surface area contributed by atoms with Crippen LogP contribution in [0.3, 0.4) is 0 Å². The lowest BCUT2D eigenvalue weighted by Crippen LogP contribution is -2.25. The van der Waals surface area contributed by atoms with E-state index in [9.17, 15) is 0 Å². The Bertz CT molecular complexity index is 2930. The standard InChI is InChI=1S/C54H43N5/c1-54(39-17-7-4-8-18-39,40-19-9-5-10-20-40)41-27-29-43(30-28-41)58(42-21-11-6-12-22-42)49-37-48(57(2)3)45-33-32-44-47(34-26-38-25-31-46(49)53(45)52(38)44)59(50-23-13-15-35-55-50)51-24-14-16-36-56-51/h4-37H,1-3H3. The first-order valence-electron chi connectivity index (χ1n) is 20.1. The molecule has 0 fully saturated rings. The Balaban J connectivity index is 1.20. The third-order valence-corrected chi connectivity index (χ3v) is 11.9. The minimum absolute atomic E-state index is 0.347. The van der Waals surface area contributed by atoms with Crippen LogP contribution >= 0.6 is 0 Å². The molecule has 2 aromatic heterocycles. The lowest BCUT2D eigenvalue weighted by molar-refractivity contribution is 0.692. The zero-order chi connectivity index (χ0) is 39.9. The molecule has 5 nitrogen and oxygen atoms in total. The van der Waals surface area contributed by atoms with E-state index in [0.29, 0.717) is 0 Å². The van der Waals surface area contributed by atoms with Gasteiger partial charge in [-0.3, -0.25) is 4.90 Å². The molecule has 8 aromatic carbocycles. The maximum Gasteiger partial charge on any atom is 0.138 e. The second kappa shape index (κ2) is 14.8. The smallest absolute Gasteiger partial charge is 0.138 e. The lowest BCUT2D eigenvalue weighted by Gasteiger charge is -2.33. The predicted octanol–water partition coefficient (Wildman–Crippen LogP) is 13.7. The molecular formula is C54H43N5. The molecule has 0 radical (unpaired) electrons. The van der Waals surface area contributed by atoms with Gasteiger partial charge in [-0.2, -0.15) is 0 Å². The number of nitrogens with zero attached hydrogens (tertiary/aromatic N) is 5. The van der Waals surface area contributed by atoms with E-state index < -0.39 is 0 Å². The number of hydrogen-bond donors (Lipinski definition) is 0. The summed E-state index contributed by atoms with van der Waals surface area (Å²) in [6, 6.07) is 69.6. The highest BCUT2D eigenvalue weighted by molar-refractivity contribution is 6.30. The second-order valence-corrected chi connectivity index (χ2v) is 15.4. The fraction of sp³-hybridized carbons (Fsp3) is 0.0741. The minimum atomic E-state index is -0.347. The fourth-order valence-corrected chi connectivity index (χ4v) is 8.92. The van der Waals surface area contributed by atoms with Gasteiger partial charge in [0.15, 0.2) is 0 Å². The summed E-state index contributed by atoms with van der Waals surface area (Å²) in [5, 5.41) is 7.14. The van der Waals surface area contributed by atoms with E-state index in [2.05, 4.69) is 193 Å². The van der Waals surface area contributed by atoms with Crippen molar-refractivity contribution < 1.29 is 0 Å². The fourth-order valence-electron chi connectivity index (χ4n) is 8.92. The highest BCUT2D eigenvalue weighted by Crippen LogP contribution is 2.50. The number of anilines is 7. The van der Waals surface area contributed by atoms with Crippen LogP contribution in [0.1, 0.15) is 23.6 Å². The Kier molecular flexibility index (Phi) is 8.99. The van der Waals surface area contributed by atoms with Gasteiger partial charge in [-0.15, -0.1) is 0 Å². The van der Waals surface area contributed by atoms with E-state index in [1.54, 1.807) is 0 Å². The summed E-state index contributed by atoms with van der Waals surface area (Å²) >= 11 is 0. The zero-order valence-corrected chi connectivity index (χ0v) is 33.4. The summed E-state index contributed by atoms with van der Waals surface area (Å²) in [5.41, 5.74) is 8.85. The highest BCUT2D eigenvalue weighted by Gasteiger charge is 2.31. The van der Waals surface area contributed by atoms with Crippen molar-refractivity contribution in [2.24, 2.45) is 0 Å². The van der Waals surface area contributed by atoms with Crippen molar-refractivity contribution >= 4 is 72.4 Å². The average Bonchev–Trinajstić information content (AvgIpc) is 3.30. The van der Waals surface area contributed by atoms with Gasteiger partial charge in [0, 0.05) is 70.5 Å². The normalized spacial score (nSPS) is 11.6. The summed E-state index contributed by atoms with van der Waals surface area (Å²) in [5.74, 6) is 1.62. The van der Waals surface area contributed by atoms with Crippen LogP contribution in [0.2, 0.25) is 0 Å². The monoisotopic (exact) mass is 761 g/mol. The second-order valence-electron chi connectivity index (χ2n) is 15.4. The van der Waals surface area contributed by atoms with Crippen LogP contribution in [-0.4, -0.2) is 24.1 Å². The van der Waals surface area contributed by atoms with Crippen molar-refractivity contribution in [3.05, 3.63) is 223 Å². The topological polar surface area (TPSA) is 35.5 Å². The molecule has 0 aliphatic heterocycles. The van der Waals surface area contributed by atoms with E-state index in [4.69, 9.17) is 9.97 Å². The van der Waals surface area contributed by atoms with Gasteiger partial charge >= 0.3 is 0 Å². The van der Waals surface area contributed by atoms with Crippen LogP contribution in [0.4, 0.5) is 40.1 Å². The summed E-state index contributed by atoms with van der Waals surface area (Å²) in [6.45, 7) is 2.34. The van der Waals surface area contributed by atoms with Crippen molar-refractivity contribution in [2.75, 3.05) is 28.8 Å². The molecule has 0 unspecified atom stereocenters. The molecule has 0 aliphatic carbocycles. The first kappa shape index (κ1) is 35.9. The summed E-state index contributed by atoms with van der Waals surface area (Å²) in [7, 11) is 4.28. The van der Waals surface area contributed by atoms with Crippen molar-refractivity contribution in [2.45, 2.75) is 12.3 Å². The Hall–Kier alpha value is -7.50. The van der Waals surface area contributed by atoms with E-state index in [0.717, 1.165) is 45.5 Å². The molecule has 0 bridgehead atoms. The van der Waals surface area contributed by atoms with E-state index >= 15 is 0 Å². The van der Waals surface area contributed by atoms with Gasteiger partial charge in [0.2, 0.25) is 0 Å². The third kappa shape index (κ3) is 6.10. The zero-order valence-electron chi connectivity index (χ0n) is 33.4. The summed E-state index contributed by atoms with van der Waals surface area (Å²) < 4.78 is 0. The van der Waals surface area contributed by atoms with Gasteiger partial charge in [0.25, 0.3) is 0 Å². The minimum Gasteiger partial charge on any atom is -0.377 e. The first-order valence-corrected chi connectivity index (χ1v) is 20.1. The number of para-hydroxylation sites is 1. The molecule has 59 heavy (non-hydrogen) atoms. The Labute approximate surface area is 345 Å². The molecule has 5 heteroatoms. The van der Waals surface area contributed by atoms with Gasteiger partial charge in [-0.05, 0) is 95.1 Å². The average molecular weight is 762 g/mol. The Morgan fingerprint density at radius 2 is 0.864 bits per heavy atom. The molecule has 10 aromatic rings. The highest BCUT2D eigenvalue weighted by atomic mass is 15.2. The van der Waals surface area contributed by atoms with Crippen molar-refractivity contribution in [3.8, 4) is 0 Å². The molecule has 2 heterocycles. The molecule has 0 aliphatic rings. The molecule has 10 rings (SSSR count). The molecule has 0 spiro atoms. The maximum absolute atomic E-state index is 4.81. The molecule has 284 valence electrons. The van der Waals surface area contributed by atoms with Crippen molar-refractivity contribution in [1.29, 1.82) is 0 Å². The number of aromatic nitrogens is 2. The SMILES string of the molecule is CN(C)c1cc(N(c2ccccc2)c2ccc(C(C)(c3ccccc3)c3ccccc3)cc2)c2ccc3ccc(N(c4ccccn4)c4ccccn4)c4ccc1c2c34. The van der Waals surface area contributed by atoms with Crippen molar-refractivity contribution in [3.63, 3.8) is 0 Å². The van der Waals surface area contributed by atoms with E-state index in [1.807, 2.05) is 48.8 Å². The van der Waals surface area contributed by atoms with E-state index in [-0.39, 0.29) is 5.41 Å². The van der Waals surface area contributed by atoms with E-state index in [1.165, 1.54) is 43.6 Å². The lowest BCUT2D eigenvalue weighted by atomic mass is 9.71. The molecule has 0 N–H and O–H groups in total. The quantitative estimate of drug-likeness (QED) is 0.102. The van der Waals surface area contributed by atoms with Gasteiger partial charge in [0.1, 0.15) is 11.6 Å². The number of benzene rings is 8. The molecule has 0 saturated carbocycles.